The van der Waals surface area contributed by atoms with Gasteiger partial charge in [0, 0.05) is 16.1 Å². The first-order chi connectivity index (χ1) is 9.72. The van der Waals surface area contributed by atoms with Crippen LogP contribution in [0.5, 0.6) is 0 Å². The molecule has 1 fully saturated rings. The minimum absolute atomic E-state index is 0.0441. The van der Waals surface area contributed by atoms with Crippen molar-refractivity contribution in [3.63, 3.8) is 0 Å². The molecule has 1 aliphatic rings. The summed E-state index contributed by atoms with van der Waals surface area (Å²) < 4.78 is 11.3. The lowest BCUT2D eigenvalue weighted by atomic mass is 10.0. The first kappa shape index (κ1) is 16.1. The van der Waals surface area contributed by atoms with Gasteiger partial charge in [-0.05, 0) is 37.1 Å². The van der Waals surface area contributed by atoms with Crippen LogP contribution >= 0.6 is 23.2 Å². The maximum absolute atomic E-state index is 6.26. The topological polar surface area (TPSA) is 30.5 Å². The Bertz CT molecular complexity index is 402. The number of halogens is 2. The molecular weight excluding hydrogens is 297 g/mol. The molecule has 1 aliphatic heterocycles. The summed E-state index contributed by atoms with van der Waals surface area (Å²) in [5, 5.41) is 4.93. The standard InChI is InChI=1S/C15H21Cl2NO2/c1-2-6-18-14(15-10-19-7-8-20-15)9-11-12(16)4-3-5-13(11)17/h3-5,14-15,18H,2,6-10H2,1H3. The second kappa shape index (κ2) is 8.20. The van der Waals surface area contributed by atoms with Gasteiger partial charge in [-0.25, -0.2) is 0 Å². The second-order valence-electron chi connectivity index (χ2n) is 4.95. The van der Waals surface area contributed by atoms with Gasteiger partial charge in [0.1, 0.15) is 0 Å². The van der Waals surface area contributed by atoms with Crippen LogP contribution in [0, 0.1) is 0 Å². The molecule has 0 radical (unpaired) electrons. The Kier molecular flexibility index (Phi) is 6.59. The Morgan fingerprint density at radius 3 is 2.65 bits per heavy atom. The molecule has 3 nitrogen and oxygen atoms in total. The van der Waals surface area contributed by atoms with Gasteiger partial charge in [0.15, 0.2) is 0 Å². The molecule has 0 aromatic heterocycles. The average molecular weight is 318 g/mol. The molecule has 1 aromatic carbocycles. The zero-order valence-electron chi connectivity index (χ0n) is 11.7. The van der Waals surface area contributed by atoms with Gasteiger partial charge in [0.25, 0.3) is 0 Å². The summed E-state index contributed by atoms with van der Waals surface area (Å²) in [5.74, 6) is 0. The summed E-state index contributed by atoms with van der Waals surface area (Å²) in [4.78, 5) is 0. The maximum Gasteiger partial charge on any atom is 0.0965 e. The van der Waals surface area contributed by atoms with Gasteiger partial charge < -0.3 is 14.8 Å². The number of rotatable bonds is 6. The summed E-state index contributed by atoms with van der Waals surface area (Å²) >= 11 is 12.5. The van der Waals surface area contributed by atoms with Crippen LogP contribution < -0.4 is 5.32 Å². The zero-order valence-corrected chi connectivity index (χ0v) is 13.2. The molecule has 0 spiro atoms. The molecule has 0 amide bonds. The number of nitrogens with one attached hydrogen (secondary N) is 1. The highest BCUT2D eigenvalue weighted by atomic mass is 35.5. The van der Waals surface area contributed by atoms with E-state index in [2.05, 4.69) is 12.2 Å². The molecule has 2 rings (SSSR count). The van der Waals surface area contributed by atoms with Crippen LogP contribution in [0.25, 0.3) is 0 Å². The van der Waals surface area contributed by atoms with Crippen molar-refractivity contribution in [3.05, 3.63) is 33.8 Å². The van der Waals surface area contributed by atoms with Gasteiger partial charge in [-0.1, -0.05) is 36.2 Å². The zero-order chi connectivity index (χ0) is 14.4. The molecule has 112 valence electrons. The normalized spacial score (nSPS) is 20.9. The van der Waals surface area contributed by atoms with Crippen LogP contribution in [0.3, 0.4) is 0 Å². The first-order valence-corrected chi connectivity index (χ1v) is 7.83. The second-order valence-corrected chi connectivity index (χ2v) is 5.76. The summed E-state index contributed by atoms with van der Waals surface area (Å²) in [5.41, 5.74) is 0.971. The van der Waals surface area contributed by atoms with Crippen LogP contribution in [0.4, 0.5) is 0 Å². The number of ether oxygens (including phenoxy) is 2. The third kappa shape index (κ3) is 4.34. The van der Waals surface area contributed by atoms with E-state index in [1.807, 2.05) is 18.2 Å². The van der Waals surface area contributed by atoms with Crippen molar-refractivity contribution in [1.29, 1.82) is 0 Å². The van der Waals surface area contributed by atoms with Crippen molar-refractivity contribution in [1.82, 2.24) is 5.32 Å². The largest absolute Gasteiger partial charge is 0.376 e. The summed E-state index contributed by atoms with van der Waals surface area (Å²) in [6.45, 7) is 5.01. The van der Waals surface area contributed by atoms with Crippen LogP contribution in [0.2, 0.25) is 10.0 Å². The van der Waals surface area contributed by atoms with E-state index in [9.17, 15) is 0 Å². The van der Waals surface area contributed by atoms with E-state index in [0.29, 0.717) is 29.9 Å². The molecule has 2 atom stereocenters. The minimum atomic E-state index is 0.0441. The molecule has 20 heavy (non-hydrogen) atoms. The van der Waals surface area contributed by atoms with E-state index in [1.165, 1.54) is 0 Å². The lowest BCUT2D eigenvalue weighted by Crippen LogP contribution is -2.48. The predicted octanol–water partition coefficient (Wildman–Crippen LogP) is 3.32. The van der Waals surface area contributed by atoms with Crippen molar-refractivity contribution < 1.29 is 9.47 Å². The lowest BCUT2D eigenvalue weighted by molar-refractivity contribution is -0.101. The van der Waals surface area contributed by atoms with Crippen molar-refractivity contribution in [2.45, 2.75) is 31.9 Å². The van der Waals surface area contributed by atoms with Crippen molar-refractivity contribution in [3.8, 4) is 0 Å². The third-order valence-corrected chi connectivity index (χ3v) is 4.14. The molecule has 1 saturated heterocycles. The monoisotopic (exact) mass is 317 g/mol. The fraction of sp³-hybridized carbons (Fsp3) is 0.600. The van der Waals surface area contributed by atoms with E-state index in [-0.39, 0.29) is 12.1 Å². The number of benzene rings is 1. The molecule has 0 saturated carbocycles. The van der Waals surface area contributed by atoms with Gasteiger partial charge in [-0.2, -0.15) is 0 Å². The van der Waals surface area contributed by atoms with Crippen LogP contribution in [-0.4, -0.2) is 38.5 Å². The quantitative estimate of drug-likeness (QED) is 0.873. The molecule has 1 N–H and O–H groups in total. The molecule has 2 unspecified atom stereocenters. The van der Waals surface area contributed by atoms with Crippen molar-refractivity contribution in [2.24, 2.45) is 0 Å². The van der Waals surface area contributed by atoms with E-state index < -0.39 is 0 Å². The molecule has 5 heteroatoms. The van der Waals surface area contributed by atoms with E-state index >= 15 is 0 Å². The molecular formula is C15H21Cl2NO2. The first-order valence-electron chi connectivity index (χ1n) is 7.08. The average Bonchev–Trinajstić information content (AvgIpc) is 2.47. The highest BCUT2D eigenvalue weighted by Crippen LogP contribution is 2.26. The van der Waals surface area contributed by atoms with Gasteiger partial charge in [-0.3, -0.25) is 0 Å². The Morgan fingerprint density at radius 1 is 1.30 bits per heavy atom. The SMILES string of the molecule is CCCNC(Cc1c(Cl)cccc1Cl)C1COCCO1. The highest BCUT2D eigenvalue weighted by molar-refractivity contribution is 6.36. The van der Waals surface area contributed by atoms with E-state index in [0.717, 1.165) is 24.9 Å². The van der Waals surface area contributed by atoms with Crippen molar-refractivity contribution >= 4 is 23.2 Å². The molecule has 1 heterocycles. The molecule has 1 aromatic rings. The molecule has 0 bridgehead atoms. The number of hydrogen-bond donors (Lipinski definition) is 1. The van der Waals surface area contributed by atoms with Crippen LogP contribution in [0.1, 0.15) is 18.9 Å². The van der Waals surface area contributed by atoms with Gasteiger partial charge >= 0.3 is 0 Å². The summed E-state index contributed by atoms with van der Waals surface area (Å²) in [6.07, 6.45) is 1.86. The Balaban J connectivity index is 2.09. The predicted molar refractivity (Wildman–Crippen MR) is 82.8 cm³/mol. The molecule has 0 aliphatic carbocycles. The minimum Gasteiger partial charge on any atom is -0.376 e. The van der Waals surface area contributed by atoms with E-state index in [4.69, 9.17) is 32.7 Å². The van der Waals surface area contributed by atoms with Gasteiger partial charge in [-0.15, -0.1) is 0 Å². The highest BCUT2D eigenvalue weighted by Gasteiger charge is 2.26. The van der Waals surface area contributed by atoms with Gasteiger partial charge in [0.2, 0.25) is 0 Å². The summed E-state index contributed by atoms with van der Waals surface area (Å²) in [7, 11) is 0. The smallest absolute Gasteiger partial charge is 0.0965 e. The van der Waals surface area contributed by atoms with Crippen LogP contribution in [0.15, 0.2) is 18.2 Å². The Hall–Kier alpha value is -0.320. The summed E-state index contributed by atoms with van der Waals surface area (Å²) in [6, 6.07) is 5.77. The third-order valence-electron chi connectivity index (χ3n) is 3.43. The maximum atomic E-state index is 6.26. The van der Waals surface area contributed by atoms with E-state index in [1.54, 1.807) is 0 Å². The van der Waals surface area contributed by atoms with Crippen LogP contribution in [-0.2, 0) is 15.9 Å². The fourth-order valence-corrected chi connectivity index (χ4v) is 2.90. The fourth-order valence-electron chi connectivity index (χ4n) is 2.35. The van der Waals surface area contributed by atoms with Crippen molar-refractivity contribution in [2.75, 3.05) is 26.4 Å². The Labute approximate surface area is 130 Å². The lowest BCUT2D eigenvalue weighted by Gasteiger charge is -2.31. The van der Waals surface area contributed by atoms with Gasteiger partial charge in [0.05, 0.1) is 25.9 Å². The number of hydrogen-bond acceptors (Lipinski definition) is 3. The Morgan fingerprint density at radius 2 is 2.05 bits per heavy atom.